The Balaban J connectivity index is 1.24. The third-order valence-electron chi connectivity index (χ3n) is 4.76. The maximum atomic E-state index is 14.3. The van der Waals surface area contributed by atoms with E-state index in [0.717, 1.165) is 15.9 Å². The number of nitrogens with one attached hydrogen (secondary N) is 4. The van der Waals surface area contributed by atoms with Crippen LogP contribution in [-0.2, 0) is 6.54 Å². The number of rotatable bonds is 7. The summed E-state index contributed by atoms with van der Waals surface area (Å²) >= 11 is 1.43. The summed E-state index contributed by atoms with van der Waals surface area (Å²) in [4.78, 5) is 29.4. The summed E-state index contributed by atoms with van der Waals surface area (Å²) in [5.74, 6) is 0.182. The van der Waals surface area contributed by atoms with E-state index in [1.165, 1.54) is 29.5 Å². The minimum Gasteiger partial charge on any atom is -0.378 e. The number of anilines is 4. The largest absolute Gasteiger partial charge is 0.378 e. The van der Waals surface area contributed by atoms with Gasteiger partial charge in [-0.1, -0.05) is 29.5 Å². The van der Waals surface area contributed by atoms with Crippen molar-refractivity contribution in [1.82, 2.24) is 19.9 Å². The van der Waals surface area contributed by atoms with E-state index in [0.29, 0.717) is 29.0 Å². The van der Waals surface area contributed by atoms with Crippen LogP contribution in [0.4, 0.5) is 27.0 Å². The number of thiazole rings is 1. The summed E-state index contributed by atoms with van der Waals surface area (Å²) in [7, 11) is 0. The fourth-order valence-electron chi connectivity index (χ4n) is 3.17. The zero-order valence-corrected chi connectivity index (χ0v) is 18.0. The number of amides is 1. The lowest BCUT2D eigenvalue weighted by Gasteiger charge is -2.09. The molecule has 1 amide bonds. The van der Waals surface area contributed by atoms with Crippen LogP contribution in [0.15, 0.2) is 73.1 Å². The molecule has 3 heterocycles. The number of para-hydroxylation sites is 2. The zero-order valence-electron chi connectivity index (χ0n) is 17.2. The van der Waals surface area contributed by atoms with Crippen molar-refractivity contribution in [2.45, 2.75) is 6.54 Å². The Kier molecular flexibility index (Phi) is 5.64. The van der Waals surface area contributed by atoms with E-state index in [2.05, 4.69) is 35.9 Å². The van der Waals surface area contributed by atoms with Crippen LogP contribution >= 0.6 is 11.3 Å². The molecule has 0 aliphatic rings. The average Bonchev–Trinajstić information content (AvgIpc) is 3.45. The van der Waals surface area contributed by atoms with Gasteiger partial charge in [0.2, 0.25) is 5.95 Å². The highest BCUT2D eigenvalue weighted by molar-refractivity contribution is 7.15. The van der Waals surface area contributed by atoms with Gasteiger partial charge >= 0.3 is 0 Å². The Morgan fingerprint density at radius 3 is 2.79 bits per heavy atom. The molecule has 33 heavy (non-hydrogen) atoms. The van der Waals surface area contributed by atoms with E-state index in [1.807, 2.05) is 42.5 Å². The highest BCUT2D eigenvalue weighted by Gasteiger charge is 2.13. The number of H-pyrrole nitrogens is 1. The van der Waals surface area contributed by atoms with Gasteiger partial charge in [-0.15, -0.1) is 0 Å². The minimum atomic E-state index is -0.452. The molecule has 5 rings (SSSR count). The molecular formula is C23H18FN7OS. The molecule has 0 radical (unpaired) electrons. The predicted octanol–water partition coefficient (Wildman–Crippen LogP) is 5.16. The molecule has 8 nitrogen and oxygen atoms in total. The molecule has 0 saturated carbocycles. The molecule has 3 aromatic heterocycles. The van der Waals surface area contributed by atoms with Crippen molar-refractivity contribution >= 4 is 50.9 Å². The van der Waals surface area contributed by atoms with Crippen LogP contribution in [0.1, 0.15) is 15.2 Å². The number of hydrogen-bond donors (Lipinski definition) is 4. The van der Waals surface area contributed by atoms with Gasteiger partial charge in [0.25, 0.3) is 5.91 Å². The minimum absolute atomic E-state index is 0.222. The third kappa shape index (κ3) is 4.80. The molecule has 164 valence electrons. The first-order valence-electron chi connectivity index (χ1n) is 10.1. The number of pyridine rings is 1. The lowest BCUT2D eigenvalue weighted by atomic mass is 10.2. The fraction of sp³-hybridized carbons (Fsp3) is 0.0435. The number of aromatic amines is 1. The Labute approximate surface area is 191 Å². The molecule has 0 fully saturated rings. The topological polar surface area (TPSA) is 108 Å². The normalized spacial score (nSPS) is 10.8. The number of carbonyl (C=O) groups is 1. The second-order valence-corrected chi connectivity index (χ2v) is 8.19. The van der Waals surface area contributed by atoms with Crippen LogP contribution in [0.5, 0.6) is 0 Å². The van der Waals surface area contributed by atoms with E-state index in [-0.39, 0.29) is 5.69 Å². The molecule has 0 unspecified atom stereocenters. The van der Waals surface area contributed by atoms with Crippen molar-refractivity contribution in [3.05, 3.63) is 89.3 Å². The molecule has 0 aliphatic heterocycles. The fourth-order valence-corrected chi connectivity index (χ4v) is 3.93. The Morgan fingerprint density at radius 2 is 1.94 bits per heavy atom. The number of fused-ring (bicyclic) bond motifs is 1. The molecule has 0 bridgehead atoms. The van der Waals surface area contributed by atoms with Crippen LogP contribution in [-0.4, -0.2) is 25.8 Å². The van der Waals surface area contributed by atoms with Crippen LogP contribution < -0.4 is 16.0 Å². The quantitative estimate of drug-likeness (QED) is 0.268. The smallest absolute Gasteiger partial charge is 0.258 e. The van der Waals surface area contributed by atoms with E-state index in [1.54, 1.807) is 12.4 Å². The summed E-state index contributed by atoms with van der Waals surface area (Å²) in [5.41, 5.74) is 2.09. The van der Waals surface area contributed by atoms with Gasteiger partial charge in [0.15, 0.2) is 5.13 Å². The Bertz CT molecular complexity index is 1380. The maximum absolute atomic E-state index is 14.3. The van der Waals surface area contributed by atoms with Crippen molar-refractivity contribution in [3.8, 4) is 0 Å². The summed E-state index contributed by atoms with van der Waals surface area (Å²) in [6, 6.07) is 17.2. The molecule has 0 atom stereocenters. The van der Waals surface area contributed by atoms with E-state index < -0.39 is 11.7 Å². The van der Waals surface area contributed by atoms with Crippen molar-refractivity contribution in [1.29, 1.82) is 0 Å². The van der Waals surface area contributed by atoms with E-state index in [9.17, 15) is 9.18 Å². The molecule has 10 heteroatoms. The van der Waals surface area contributed by atoms with Crippen LogP contribution in [0.2, 0.25) is 0 Å². The van der Waals surface area contributed by atoms with E-state index in [4.69, 9.17) is 0 Å². The number of imidazole rings is 1. The summed E-state index contributed by atoms with van der Waals surface area (Å²) < 4.78 is 14.3. The van der Waals surface area contributed by atoms with Gasteiger partial charge in [-0.2, -0.15) is 0 Å². The third-order valence-corrected chi connectivity index (χ3v) is 5.67. The number of carbonyl (C=O) groups excluding carboxylic acids is 1. The van der Waals surface area contributed by atoms with Crippen LogP contribution in [0.25, 0.3) is 11.0 Å². The van der Waals surface area contributed by atoms with Crippen molar-refractivity contribution in [2.75, 3.05) is 16.0 Å². The second-order valence-electron chi connectivity index (χ2n) is 7.08. The Morgan fingerprint density at radius 1 is 1.06 bits per heavy atom. The number of hydrogen-bond acceptors (Lipinski definition) is 7. The molecule has 5 aromatic rings. The first-order chi connectivity index (χ1) is 16.1. The van der Waals surface area contributed by atoms with Gasteiger partial charge in [-0.05, 0) is 42.5 Å². The molecule has 0 saturated heterocycles. The van der Waals surface area contributed by atoms with Crippen LogP contribution in [0.3, 0.4) is 0 Å². The number of benzene rings is 2. The second kappa shape index (κ2) is 9.05. The van der Waals surface area contributed by atoms with Crippen molar-refractivity contribution in [2.24, 2.45) is 0 Å². The summed E-state index contributed by atoms with van der Waals surface area (Å²) in [6.07, 6.45) is 3.40. The standard InChI is InChI=1S/C23H18FN7OS/c24-16-9-8-14(21(32)31-22-28-17-5-1-2-6-18(17)29-22)11-19(16)26-12-15-13-27-23(33-15)30-20-7-3-4-10-25-20/h1-11,13,26H,12H2,(H,25,27,30)(H2,28,29,31,32). The summed E-state index contributed by atoms with van der Waals surface area (Å²) in [5, 5.41) is 9.56. The van der Waals surface area contributed by atoms with Gasteiger partial charge in [-0.25, -0.2) is 19.3 Å². The maximum Gasteiger partial charge on any atom is 0.258 e. The molecular weight excluding hydrogens is 441 g/mol. The van der Waals surface area contributed by atoms with Crippen molar-refractivity contribution in [3.63, 3.8) is 0 Å². The lowest BCUT2D eigenvalue weighted by Crippen LogP contribution is -2.13. The van der Waals surface area contributed by atoms with Gasteiger partial charge in [-0.3, -0.25) is 10.1 Å². The van der Waals surface area contributed by atoms with Crippen LogP contribution in [0, 0.1) is 5.82 Å². The van der Waals surface area contributed by atoms with Gasteiger partial charge in [0.05, 0.1) is 23.3 Å². The van der Waals surface area contributed by atoms with Gasteiger partial charge in [0, 0.05) is 22.8 Å². The first-order valence-corrected chi connectivity index (χ1v) is 10.9. The monoisotopic (exact) mass is 459 g/mol. The van der Waals surface area contributed by atoms with E-state index >= 15 is 0 Å². The van der Waals surface area contributed by atoms with Gasteiger partial charge in [0.1, 0.15) is 11.6 Å². The Hall–Kier alpha value is -4.31. The highest BCUT2D eigenvalue weighted by Crippen LogP contribution is 2.24. The zero-order chi connectivity index (χ0) is 22.6. The highest BCUT2D eigenvalue weighted by atomic mass is 32.1. The number of halogens is 1. The lowest BCUT2D eigenvalue weighted by molar-refractivity contribution is 0.102. The molecule has 2 aromatic carbocycles. The summed E-state index contributed by atoms with van der Waals surface area (Å²) in [6.45, 7) is 0.354. The molecule has 4 N–H and O–H groups in total. The first kappa shape index (κ1) is 20.6. The number of nitrogens with zero attached hydrogens (tertiary/aromatic N) is 3. The van der Waals surface area contributed by atoms with Gasteiger partial charge < -0.3 is 15.6 Å². The molecule has 0 spiro atoms. The SMILES string of the molecule is O=C(Nc1nc2ccccc2[nH]1)c1ccc(F)c(NCc2cnc(Nc3ccccn3)s2)c1. The average molecular weight is 460 g/mol. The molecule has 0 aliphatic carbocycles. The number of aromatic nitrogens is 4. The van der Waals surface area contributed by atoms with Crippen molar-refractivity contribution < 1.29 is 9.18 Å². The predicted molar refractivity (Wildman–Crippen MR) is 127 cm³/mol.